The summed E-state index contributed by atoms with van der Waals surface area (Å²) < 4.78 is 0. The number of nitrogens with one attached hydrogen (secondary N) is 3. The lowest BCUT2D eigenvalue weighted by Gasteiger charge is -2.28. The van der Waals surface area contributed by atoms with Gasteiger partial charge in [0.15, 0.2) is 0 Å². The summed E-state index contributed by atoms with van der Waals surface area (Å²) >= 11 is 9.65. The average Bonchev–Trinajstić information content (AvgIpc) is 1.69. The van der Waals surface area contributed by atoms with Gasteiger partial charge in [-0.15, -0.1) is 0 Å². The number of fused-ring (bicyclic) bond motifs is 4. The van der Waals surface area contributed by atoms with Crippen LogP contribution in [0.2, 0.25) is 0 Å². The van der Waals surface area contributed by atoms with Gasteiger partial charge < -0.3 is 30.7 Å². The van der Waals surface area contributed by atoms with Crippen LogP contribution in [0.25, 0.3) is 0 Å². The molecule has 0 bridgehead atoms. The van der Waals surface area contributed by atoms with Crippen molar-refractivity contribution in [3.63, 3.8) is 0 Å². The first-order chi connectivity index (χ1) is 52.1. The van der Waals surface area contributed by atoms with Crippen LogP contribution >= 0.6 is 47.8 Å². The molecule has 8 aromatic carbocycles. The highest BCUT2D eigenvalue weighted by atomic mass is 79.9. The van der Waals surface area contributed by atoms with Crippen molar-refractivity contribution in [2.75, 3.05) is 114 Å². The van der Waals surface area contributed by atoms with E-state index < -0.39 is 0 Å². The molecule has 8 aromatic rings. The molecule has 12 heteroatoms. The lowest BCUT2D eigenvalue weighted by molar-refractivity contribution is 0.185. The maximum Gasteiger partial charge on any atom is 0.0429 e. The van der Waals surface area contributed by atoms with Crippen LogP contribution < -0.4 is 30.7 Å². The van der Waals surface area contributed by atoms with E-state index >= 15 is 0 Å². The molecule has 0 unspecified atom stereocenters. The number of hydrogen-bond donors (Lipinski definition) is 3. The Bertz CT molecular complexity index is 3050. The highest BCUT2D eigenvalue weighted by molar-refractivity contribution is 9.09. The van der Waals surface area contributed by atoms with Crippen molar-refractivity contribution in [1.82, 2.24) is 14.7 Å². The number of halogens is 3. The Labute approximate surface area is 690 Å². The van der Waals surface area contributed by atoms with E-state index in [2.05, 4.69) is 382 Å². The smallest absolute Gasteiger partial charge is 0.0429 e. The number of alkyl halides is 3. The van der Waals surface area contributed by atoms with Crippen LogP contribution in [-0.2, 0) is 37.6 Å². The van der Waals surface area contributed by atoms with Crippen LogP contribution in [0.3, 0.4) is 0 Å². The van der Waals surface area contributed by atoms with E-state index in [1.165, 1.54) is 94.0 Å². The molecular formula is C96H154Br3N9. The monoisotopic (exact) mass is 1670 g/mol. The Balaban J connectivity index is 0. The van der Waals surface area contributed by atoms with Crippen LogP contribution in [0.5, 0.6) is 0 Å². The number of hydrogen-bond acceptors (Lipinski definition) is 9. The first kappa shape index (κ1) is 104. The molecule has 0 saturated heterocycles. The van der Waals surface area contributed by atoms with Gasteiger partial charge in [0.25, 0.3) is 0 Å². The van der Waals surface area contributed by atoms with E-state index in [9.17, 15) is 0 Å². The quantitative estimate of drug-likeness (QED) is 0.0822. The van der Waals surface area contributed by atoms with Crippen LogP contribution in [0.4, 0.5) is 34.1 Å². The molecular weight excluding hydrogens is 1520 g/mol. The van der Waals surface area contributed by atoms with Crippen molar-refractivity contribution in [2.45, 2.75) is 233 Å². The van der Waals surface area contributed by atoms with Gasteiger partial charge in [-0.1, -0.05) is 280 Å². The second-order valence-corrected chi connectivity index (χ2v) is 29.9. The fraction of sp³-hybridized carbons (Fsp3) is 0.500. The van der Waals surface area contributed by atoms with Gasteiger partial charge in [0.05, 0.1) is 0 Å². The molecule has 3 N–H and O–H groups in total. The number of benzene rings is 8. The third-order valence-electron chi connectivity index (χ3n) is 17.8. The van der Waals surface area contributed by atoms with E-state index in [4.69, 9.17) is 0 Å². The standard InChI is InChI=1S/C15H15N.C10H13N.C9H13N.2C8H9N.3C8H19N.C7H7Br.C7H9N.2C2H5Br.2C2H6/c1-2-6-13(7-3-1)12-16-11-10-14-8-4-5-9-15(14)16;1-2-11-8-7-9-5-3-4-6-10(9)11;1-3-10(2)9-7-5-4-6-8-9;2*1-2-4-8-7(3-1)5-6-9-8;3*1-6-9(7(2)3)8(4)5;8-6-7-4-2-1-3-5-7;1-8-7-5-3-2-4-6-7;2*1-2-3;2*1-2/h1-9H,10-12H2;3-6H,2,7-8H2,1H3;4-8H,3H2,1-2H3;2*1-4,9H,5-6H2;3*7-8H,6H2,1-5H3;1-5H,6H2;2-6,8H,1H3;2*2H2,1H3;2*1-2H3. The average molecular weight is 1670 g/mol. The first-order valence-corrected chi connectivity index (χ1v) is 44.3. The fourth-order valence-corrected chi connectivity index (χ4v) is 13.0. The lowest BCUT2D eigenvalue weighted by atomic mass is 10.2. The van der Waals surface area contributed by atoms with E-state index in [1.54, 1.807) is 0 Å². The molecule has 0 saturated carbocycles. The number of likely N-dealkylation sites (N-methyl/N-ethyl adjacent to an activating group) is 1. The molecule has 12 rings (SSSR count). The molecule has 4 aliphatic heterocycles. The van der Waals surface area contributed by atoms with Crippen LogP contribution in [-0.4, -0.2) is 135 Å². The number of nitrogens with zero attached hydrogens (tertiary/aromatic N) is 6. The molecule has 0 aliphatic carbocycles. The van der Waals surface area contributed by atoms with Gasteiger partial charge >= 0.3 is 0 Å². The van der Waals surface area contributed by atoms with Crippen molar-refractivity contribution in [3.05, 3.63) is 252 Å². The molecule has 108 heavy (non-hydrogen) atoms. The second kappa shape index (κ2) is 67.7. The molecule has 4 heterocycles. The van der Waals surface area contributed by atoms with Gasteiger partial charge in [-0.3, -0.25) is 14.7 Å². The Kier molecular flexibility index (Phi) is 65.2. The van der Waals surface area contributed by atoms with Crippen LogP contribution in [0, 0.1) is 0 Å². The summed E-state index contributed by atoms with van der Waals surface area (Å²) in [6.07, 6.45) is 4.79. The molecule has 0 aromatic heterocycles. The summed E-state index contributed by atoms with van der Waals surface area (Å²) in [6, 6.07) is 79.9. The van der Waals surface area contributed by atoms with Gasteiger partial charge in [0.2, 0.25) is 0 Å². The number of rotatable bonds is 16. The zero-order valence-electron chi connectivity index (χ0n) is 72.6. The van der Waals surface area contributed by atoms with Crippen molar-refractivity contribution >= 4 is 81.9 Å². The van der Waals surface area contributed by atoms with Crippen molar-refractivity contribution in [3.8, 4) is 0 Å². The van der Waals surface area contributed by atoms with E-state index in [0.717, 1.165) is 80.6 Å². The molecule has 4 aliphatic rings. The predicted molar refractivity (Wildman–Crippen MR) is 503 cm³/mol. The summed E-state index contributed by atoms with van der Waals surface area (Å²) in [5.41, 5.74) is 16.5. The minimum Gasteiger partial charge on any atom is -0.388 e. The van der Waals surface area contributed by atoms with Crippen molar-refractivity contribution in [1.29, 1.82) is 0 Å². The minimum absolute atomic E-state index is 0.690. The van der Waals surface area contributed by atoms with Gasteiger partial charge in [-0.05, 0) is 224 Å². The first-order valence-electron chi connectivity index (χ1n) is 40.9. The predicted octanol–water partition coefficient (Wildman–Crippen LogP) is 26.3. The van der Waals surface area contributed by atoms with E-state index in [1.807, 2.05) is 103 Å². The largest absolute Gasteiger partial charge is 0.388 e. The summed E-state index contributed by atoms with van der Waals surface area (Å²) in [5, 5.41) is 12.7. The molecule has 0 amide bonds. The zero-order chi connectivity index (χ0) is 81.5. The third-order valence-corrected chi connectivity index (χ3v) is 18.5. The Morgan fingerprint density at radius 2 is 0.657 bits per heavy atom. The minimum atomic E-state index is 0.690. The van der Waals surface area contributed by atoms with Crippen molar-refractivity contribution in [2.24, 2.45) is 0 Å². The number of para-hydroxylation sites is 6. The summed E-state index contributed by atoms with van der Waals surface area (Å²) in [4.78, 5) is 14.5. The van der Waals surface area contributed by atoms with E-state index in [-0.39, 0.29) is 0 Å². The summed E-state index contributed by atoms with van der Waals surface area (Å²) in [5.74, 6) is 0. The molecule has 0 atom stereocenters. The van der Waals surface area contributed by atoms with E-state index in [0.29, 0.717) is 36.3 Å². The molecule has 0 fully saturated rings. The van der Waals surface area contributed by atoms with Gasteiger partial charge in [-0.25, -0.2) is 0 Å². The topological polar surface area (TPSA) is 55.5 Å². The second-order valence-electron chi connectivity index (χ2n) is 27.1. The lowest BCUT2D eigenvalue weighted by Crippen LogP contribution is -2.36. The Morgan fingerprint density at radius 3 is 0.944 bits per heavy atom. The maximum absolute atomic E-state index is 3.36. The van der Waals surface area contributed by atoms with Gasteiger partial charge in [-0.2, -0.15) is 0 Å². The molecule has 0 radical (unpaired) electrons. The van der Waals surface area contributed by atoms with Gasteiger partial charge in [0, 0.05) is 146 Å². The summed E-state index contributed by atoms with van der Waals surface area (Å²) in [7, 11) is 4.00. The molecule has 9 nitrogen and oxygen atoms in total. The third kappa shape index (κ3) is 45.9. The maximum atomic E-state index is 3.36. The fourth-order valence-electron chi connectivity index (χ4n) is 12.6. The highest BCUT2D eigenvalue weighted by Crippen LogP contribution is 2.29. The number of anilines is 6. The summed E-state index contributed by atoms with van der Waals surface area (Å²) in [6.45, 7) is 61.2. The molecule has 604 valence electrons. The Morgan fingerprint density at radius 1 is 0.361 bits per heavy atom. The zero-order valence-corrected chi connectivity index (χ0v) is 77.3. The highest BCUT2D eigenvalue weighted by Gasteiger charge is 2.19. The SMILES string of the molecule is BrCc1ccccc1.CC.CC.CCBr.CCBr.CCN(C(C)C)C(C)C.CCN(C(C)C)C(C)C.CCN(C(C)C)C(C)C.CCN(C)c1ccccc1.CCN1CCc2ccccc21.CNc1ccccc1.c1ccc(CN2CCc3ccccc32)cc1.c1ccc2c(c1)CCN2.c1ccc2c(c1)CCN2. The molecule has 0 spiro atoms. The normalized spacial score (nSPS) is 11.7. The van der Waals surface area contributed by atoms with Gasteiger partial charge in [0.1, 0.15) is 0 Å². The Hall–Kier alpha value is -6.12. The van der Waals surface area contributed by atoms with Crippen molar-refractivity contribution < 1.29 is 0 Å². The van der Waals surface area contributed by atoms with Crippen LogP contribution in [0.1, 0.15) is 193 Å². The van der Waals surface area contributed by atoms with Crippen LogP contribution in [0.15, 0.2) is 218 Å².